The first-order valence-electron chi connectivity index (χ1n) is 3.09. The van der Waals surface area contributed by atoms with Crippen LogP contribution in [0.1, 0.15) is 0 Å². The highest BCUT2D eigenvalue weighted by molar-refractivity contribution is 5.73. The van der Waals surface area contributed by atoms with Crippen LogP contribution >= 0.6 is 0 Å². The Balaban J connectivity index is 2.65. The molecule has 0 aliphatic heterocycles. The van der Waals surface area contributed by atoms with E-state index in [2.05, 4.69) is 5.10 Å². The van der Waals surface area contributed by atoms with Crippen LogP contribution in [0.4, 0.5) is 0 Å². The maximum Gasteiger partial charge on any atom is 0.309 e. The van der Waals surface area contributed by atoms with Crippen LogP contribution in [-0.2, 0) is 0 Å². The van der Waals surface area contributed by atoms with Crippen molar-refractivity contribution in [3.8, 4) is 5.75 Å². The fourth-order valence-corrected chi connectivity index (χ4v) is 0.636. The summed E-state index contributed by atoms with van der Waals surface area (Å²) in [6.07, 6.45) is 0. The zero-order valence-electron chi connectivity index (χ0n) is 5.90. The predicted octanol–water partition coefficient (Wildman–Crippen LogP) is 0.254. The van der Waals surface area contributed by atoms with Gasteiger partial charge in [-0.05, 0) is 12.1 Å². The van der Waals surface area contributed by atoms with Gasteiger partial charge in [-0.15, -0.1) is 5.10 Å². The summed E-state index contributed by atoms with van der Waals surface area (Å²) >= 11 is 0. The molecule has 58 valence electrons. The predicted molar refractivity (Wildman–Crippen MR) is 42.9 cm³/mol. The van der Waals surface area contributed by atoms with Gasteiger partial charge in [-0.2, -0.15) is 0 Å². The second kappa shape index (κ2) is 3.46. The van der Waals surface area contributed by atoms with Crippen LogP contribution in [0.25, 0.3) is 0 Å². The second-order valence-electron chi connectivity index (χ2n) is 1.88. The zero-order valence-corrected chi connectivity index (χ0v) is 5.90. The van der Waals surface area contributed by atoms with Gasteiger partial charge >= 0.3 is 6.02 Å². The number of hydrazone groups is 1. The molecule has 0 heterocycles. The first-order chi connectivity index (χ1) is 5.33. The molecule has 1 aromatic rings. The maximum absolute atomic E-state index is 5.21. The summed E-state index contributed by atoms with van der Waals surface area (Å²) in [5.41, 5.74) is 5.21. The standard InChI is InChI=1S/C7H9N3O/c8-7(10-9)11-6-4-2-1-3-5-6/h1-5H,9H2,(H2,8,10). The average Bonchev–Trinajstić information content (AvgIpc) is 2.06. The van der Waals surface area contributed by atoms with E-state index >= 15 is 0 Å². The number of para-hydroxylation sites is 1. The van der Waals surface area contributed by atoms with E-state index in [9.17, 15) is 0 Å². The Morgan fingerprint density at radius 2 is 1.91 bits per heavy atom. The number of amidine groups is 1. The minimum absolute atomic E-state index is 0.0452. The van der Waals surface area contributed by atoms with Crippen molar-refractivity contribution in [2.45, 2.75) is 0 Å². The third-order valence-corrected chi connectivity index (χ3v) is 1.09. The van der Waals surface area contributed by atoms with Gasteiger partial charge < -0.3 is 16.3 Å². The van der Waals surface area contributed by atoms with Gasteiger partial charge in [-0.25, -0.2) is 0 Å². The largest absolute Gasteiger partial charge is 0.425 e. The third kappa shape index (κ3) is 2.17. The van der Waals surface area contributed by atoms with Gasteiger partial charge in [0.25, 0.3) is 0 Å². The van der Waals surface area contributed by atoms with Crippen LogP contribution in [0, 0.1) is 0 Å². The number of rotatable bonds is 1. The molecule has 0 fully saturated rings. The van der Waals surface area contributed by atoms with Crippen LogP contribution in [-0.4, -0.2) is 6.02 Å². The highest BCUT2D eigenvalue weighted by atomic mass is 16.5. The molecule has 0 aromatic heterocycles. The van der Waals surface area contributed by atoms with E-state index in [1.165, 1.54) is 0 Å². The summed E-state index contributed by atoms with van der Waals surface area (Å²) in [4.78, 5) is 0. The fourth-order valence-electron chi connectivity index (χ4n) is 0.636. The van der Waals surface area contributed by atoms with Crippen molar-refractivity contribution in [3.63, 3.8) is 0 Å². The summed E-state index contributed by atoms with van der Waals surface area (Å²) in [7, 11) is 0. The van der Waals surface area contributed by atoms with Crippen LogP contribution < -0.4 is 16.3 Å². The normalized spacial score (nSPS) is 11.1. The van der Waals surface area contributed by atoms with Crippen LogP contribution in [0.5, 0.6) is 5.75 Å². The lowest BCUT2D eigenvalue weighted by Crippen LogP contribution is -2.21. The molecule has 0 saturated heterocycles. The monoisotopic (exact) mass is 151 g/mol. The van der Waals surface area contributed by atoms with Crippen molar-refractivity contribution in [2.75, 3.05) is 0 Å². The lowest BCUT2D eigenvalue weighted by atomic mass is 10.3. The summed E-state index contributed by atoms with van der Waals surface area (Å²) < 4.78 is 4.97. The van der Waals surface area contributed by atoms with Crippen molar-refractivity contribution >= 4 is 6.02 Å². The molecule has 1 aromatic carbocycles. The SMILES string of the molecule is NN=C(N)Oc1ccccc1. The second-order valence-corrected chi connectivity index (χ2v) is 1.88. The smallest absolute Gasteiger partial charge is 0.309 e. The quantitative estimate of drug-likeness (QED) is 0.261. The molecule has 1 rings (SSSR count). The number of benzene rings is 1. The Labute approximate surface area is 64.5 Å². The maximum atomic E-state index is 5.21. The van der Waals surface area contributed by atoms with E-state index in [1.54, 1.807) is 12.1 Å². The van der Waals surface area contributed by atoms with Gasteiger partial charge in [0, 0.05) is 0 Å². The van der Waals surface area contributed by atoms with Gasteiger partial charge in [-0.3, -0.25) is 0 Å². The number of hydrogen-bond acceptors (Lipinski definition) is 3. The van der Waals surface area contributed by atoms with Gasteiger partial charge in [0.1, 0.15) is 5.75 Å². The minimum Gasteiger partial charge on any atom is -0.425 e. The van der Waals surface area contributed by atoms with E-state index in [0.29, 0.717) is 5.75 Å². The summed E-state index contributed by atoms with van der Waals surface area (Å²) in [5, 5.41) is 3.16. The Kier molecular flexibility index (Phi) is 2.32. The van der Waals surface area contributed by atoms with Gasteiger partial charge in [0.05, 0.1) is 0 Å². The molecule has 4 heteroatoms. The summed E-state index contributed by atoms with van der Waals surface area (Å²) in [5.74, 6) is 5.48. The first kappa shape index (κ1) is 7.40. The number of nitrogens with two attached hydrogens (primary N) is 2. The van der Waals surface area contributed by atoms with E-state index in [-0.39, 0.29) is 6.02 Å². The molecular formula is C7H9N3O. The fraction of sp³-hybridized carbons (Fsp3) is 0. The minimum atomic E-state index is -0.0452. The Bertz CT molecular complexity index is 245. The van der Waals surface area contributed by atoms with Crippen LogP contribution in [0.3, 0.4) is 0 Å². The molecule has 0 saturated carbocycles. The molecule has 0 spiro atoms. The van der Waals surface area contributed by atoms with Crippen molar-refractivity contribution in [1.82, 2.24) is 0 Å². The molecule has 0 amide bonds. The molecule has 4 N–H and O–H groups in total. The number of ether oxygens (including phenoxy) is 1. The molecule has 11 heavy (non-hydrogen) atoms. The molecule has 0 bridgehead atoms. The molecule has 4 nitrogen and oxygen atoms in total. The Morgan fingerprint density at radius 3 is 2.45 bits per heavy atom. The molecule has 0 radical (unpaired) electrons. The van der Waals surface area contributed by atoms with Crippen LogP contribution in [0.15, 0.2) is 35.4 Å². The number of hydrogen-bond donors (Lipinski definition) is 2. The van der Waals surface area contributed by atoms with Gasteiger partial charge in [0.15, 0.2) is 0 Å². The third-order valence-electron chi connectivity index (χ3n) is 1.09. The first-order valence-corrected chi connectivity index (χ1v) is 3.09. The van der Waals surface area contributed by atoms with Crippen molar-refractivity contribution in [1.29, 1.82) is 0 Å². The lowest BCUT2D eigenvalue weighted by Gasteiger charge is -2.00. The molecule has 0 unspecified atom stereocenters. The lowest BCUT2D eigenvalue weighted by molar-refractivity contribution is 0.539. The van der Waals surface area contributed by atoms with Gasteiger partial charge in [-0.1, -0.05) is 18.2 Å². The Morgan fingerprint density at radius 1 is 1.27 bits per heavy atom. The van der Waals surface area contributed by atoms with Crippen molar-refractivity contribution in [3.05, 3.63) is 30.3 Å². The van der Waals surface area contributed by atoms with Gasteiger partial charge in [0.2, 0.25) is 0 Å². The van der Waals surface area contributed by atoms with Crippen molar-refractivity contribution < 1.29 is 4.74 Å². The average molecular weight is 151 g/mol. The van der Waals surface area contributed by atoms with Crippen LogP contribution in [0.2, 0.25) is 0 Å². The molecule has 0 atom stereocenters. The van der Waals surface area contributed by atoms with E-state index in [4.69, 9.17) is 16.3 Å². The van der Waals surface area contributed by atoms with E-state index in [0.717, 1.165) is 0 Å². The van der Waals surface area contributed by atoms with Crippen molar-refractivity contribution in [2.24, 2.45) is 16.7 Å². The summed E-state index contributed by atoms with van der Waals surface area (Å²) in [6, 6.07) is 9.02. The highest BCUT2D eigenvalue weighted by Crippen LogP contribution is 2.07. The topological polar surface area (TPSA) is 73.6 Å². The van der Waals surface area contributed by atoms with E-state index < -0.39 is 0 Å². The zero-order chi connectivity index (χ0) is 8.10. The molecular weight excluding hydrogens is 142 g/mol. The summed E-state index contributed by atoms with van der Waals surface area (Å²) in [6.45, 7) is 0. The molecule has 0 aliphatic rings. The highest BCUT2D eigenvalue weighted by Gasteiger charge is 1.92. The molecule has 0 aliphatic carbocycles. The number of nitrogens with zero attached hydrogens (tertiary/aromatic N) is 1. The van der Waals surface area contributed by atoms with E-state index in [1.807, 2.05) is 18.2 Å². The Hall–Kier alpha value is -1.71.